The van der Waals surface area contributed by atoms with Crippen molar-refractivity contribution in [3.63, 3.8) is 0 Å². The van der Waals surface area contributed by atoms with Crippen LogP contribution >= 0.6 is 15.9 Å². The number of nitrogens with two attached hydrogens (primary N) is 1. The maximum absolute atomic E-state index is 13.2. The van der Waals surface area contributed by atoms with Gasteiger partial charge in [-0.2, -0.15) is 0 Å². The number of hydrogen-bond acceptors (Lipinski definition) is 1. The van der Waals surface area contributed by atoms with E-state index in [0.717, 1.165) is 40.5 Å². The van der Waals surface area contributed by atoms with E-state index in [4.69, 9.17) is 5.73 Å². The Morgan fingerprint density at radius 2 is 1.82 bits per heavy atom. The van der Waals surface area contributed by atoms with Gasteiger partial charge in [-0.25, -0.2) is 4.39 Å². The zero-order valence-electron chi connectivity index (χ0n) is 12.2. The molecule has 114 valence electrons. The summed E-state index contributed by atoms with van der Waals surface area (Å²) in [6, 6.07) is 12.8. The predicted molar refractivity (Wildman–Crippen MR) is 93.4 cm³/mol. The van der Waals surface area contributed by atoms with Crippen LogP contribution < -0.4 is 5.73 Å². The molecule has 1 aromatic heterocycles. The van der Waals surface area contributed by atoms with E-state index in [-0.39, 0.29) is 5.82 Å². The normalized spacial score (nSPS) is 11.2. The van der Waals surface area contributed by atoms with Crippen LogP contribution in [0.5, 0.6) is 0 Å². The molecule has 3 N–H and O–H groups in total. The lowest BCUT2D eigenvalue weighted by Crippen LogP contribution is -1.99. The van der Waals surface area contributed by atoms with Gasteiger partial charge in [0, 0.05) is 15.6 Å². The number of fused-ring (bicyclic) bond motifs is 1. The highest BCUT2D eigenvalue weighted by molar-refractivity contribution is 9.10. The minimum absolute atomic E-state index is 0.217. The number of aromatic nitrogens is 1. The summed E-state index contributed by atoms with van der Waals surface area (Å²) in [4.78, 5) is 3.49. The first kappa shape index (κ1) is 15.3. The Labute approximate surface area is 137 Å². The second-order valence-corrected chi connectivity index (χ2v) is 6.25. The first-order valence-corrected chi connectivity index (χ1v) is 8.25. The molecule has 1 heterocycles. The van der Waals surface area contributed by atoms with Crippen LogP contribution in [0, 0.1) is 5.82 Å². The summed E-state index contributed by atoms with van der Waals surface area (Å²) < 4.78 is 14.2. The molecule has 0 aliphatic rings. The molecule has 2 aromatic carbocycles. The summed E-state index contributed by atoms with van der Waals surface area (Å²) in [5, 5.41) is 1.21. The summed E-state index contributed by atoms with van der Waals surface area (Å²) in [7, 11) is 0. The molecule has 3 rings (SSSR count). The molecule has 0 fully saturated rings. The van der Waals surface area contributed by atoms with Crippen LogP contribution in [-0.2, 0) is 6.42 Å². The Hall–Kier alpha value is -1.65. The lowest BCUT2D eigenvalue weighted by molar-refractivity contribution is 0.628. The van der Waals surface area contributed by atoms with Gasteiger partial charge in [-0.3, -0.25) is 0 Å². The van der Waals surface area contributed by atoms with E-state index in [0.29, 0.717) is 6.54 Å². The number of halogens is 2. The van der Waals surface area contributed by atoms with E-state index in [2.05, 4.69) is 27.0 Å². The van der Waals surface area contributed by atoms with Crippen LogP contribution in [0.15, 0.2) is 46.9 Å². The Bertz CT molecular complexity index is 778. The third-order valence-corrected chi connectivity index (χ3v) is 4.57. The van der Waals surface area contributed by atoms with Gasteiger partial charge in [-0.1, -0.05) is 12.1 Å². The highest BCUT2D eigenvalue weighted by Gasteiger charge is 2.14. The van der Waals surface area contributed by atoms with Crippen molar-refractivity contribution in [2.75, 3.05) is 6.54 Å². The number of hydrogen-bond donors (Lipinski definition) is 2. The molecule has 0 radical (unpaired) electrons. The van der Waals surface area contributed by atoms with Crippen LogP contribution in [0.2, 0.25) is 0 Å². The number of nitrogens with one attached hydrogen (secondary N) is 1. The van der Waals surface area contributed by atoms with E-state index >= 15 is 0 Å². The molecule has 0 atom stereocenters. The summed E-state index contributed by atoms with van der Waals surface area (Å²) in [6.07, 6.45) is 3.01. The molecule has 22 heavy (non-hydrogen) atoms. The molecule has 0 amide bonds. The number of aryl methyl sites for hydroxylation is 1. The predicted octanol–water partition coefficient (Wildman–Crippen LogP) is 5.02. The Balaban J connectivity index is 2.12. The minimum atomic E-state index is -0.217. The molecule has 0 saturated heterocycles. The number of benzene rings is 2. The minimum Gasteiger partial charge on any atom is -0.353 e. The van der Waals surface area contributed by atoms with Crippen molar-refractivity contribution >= 4 is 26.8 Å². The highest BCUT2D eigenvalue weighted by Crippen LogP contribution is 2.34. The second-order valence-electron chi connectivity index (χ2n) is 5.39. The summed E-state index contributed by atoms with van der Waals surface area (Å²) >= 11 is 3.60. The molecule has 0 aliphatic carbocycles. The van der Waals surface area contributed by atoms with Crippen LogP contribution in [-0.4, -0.2) is 11.5 Å². The van der Waals surface area contributed by atoms with Gasteiger partial charge in [-0.15, -0.1) is 0 Å². The maximum Gasteiger partial charge on any atom is 0.123 e. The standard InChI is InChI=1S/C18H18BrFN2/c19-16-6-3-5-15-14(4-1-2-11-21)17(22-18(15)16)12-7-9-13(20)10-8-12/h3,5-10,22H,1-2,4,11,21H2. The van der Waals surface area contributed by atoms with Crippen LogP contribution in [0.4, 0.5) is 4.39 Å². The molecule has 3 aromatic rings. The summed E-state index contributed by atoms with van der Waals surface area (Å²) in [5.74, 6) is -0.217. The SMILES string of the molecule is NCCCCc1c(-c2ccc(F)cc2)[nH]c2c(Br)cccc12. The first-order chi connectivity index (χ1) is 10.7. The zero-order chi connectivity index (χ0) is 15.5. The third kappa shape index (κ3) is 2.94. The van der Waals surface area contributed by atoms with Crippen molar-refractivity contribution in [3.05, 3.63) is 58.3 Å². The average molecular weight is 361 g/mol. The van der Waals surface area contributed by atoms with Crippen LogP contribution in [0.25, 0.3) is 22.2 Å². The third-order valence-electron chi connectivity index (χ3n) is 3.90. The molecule has 0 spiro atoms. The number of para-hydroxylation sites is 1. The van der Waals surface area contributed by atoms with Crippen LogP contribution in [0.3, 0.4) is 0 Å². The Kier molecular flexibility index (Phi) is 4.60. The fourth-order valence-electron chi connectivity index (χ4n) is 2.81. The smallest absolute Gasteiger partial charge is 0.123 e. The Morgan fingerprint density at radius 3 is 2.55 bits per heavy atom. The number of unbranched alkanes of at least 4 members (excludes halogenated alkanes) is 1. The molecule has 4 heteroatoms. The largest absolute Gasteiger partial charge is 0.353 e. The molecular formula is C18H18BrFN2. The number of rotatable bonds is 5. The molecule has 0 unspecified atom stereocenters. The van der Waals surface area contributed by atoms with E-state index < -0.39 is 0 Å². The van der Waals surface area contributed by atoms with E-state index in [1.807, 2.05) is 24.3 Å². The van der Waals surface area contributed by atoms with Gasteiger partial charge in [0.1, 0.15) is 5.82 Å². The fraction of sp³-hybridized carbons (Fsp3) is 0.222. The van der Waals surface area contributed by atoms with Gasteiger partial charge in [0.15, 0.2) is 0 Å². The number of H-pyrrole nitrogens is 1. The van der Waals surface area contributed by atoms with Crippen molar-refractivity contribution in [1.29, 1.82) is 0 Å². The van der Waals surface area contributed by atoms with Gasteiger partial charge in [0.25, 0.3) is 0 Å². The fourth-order valence-corrected chi connectivity index (χ4v) is 3.27. The topological polar surface area (TPSA) is 41.8 Å². The van der Waals surface area contributed by atoms with E-state index in [1.165, 1.54) is 23.1 Å². The highest BCUT2D eigenvalue weighted by atomic mass is 79.9. The van der Waals surface area contributed by atoms with Crippen LogP contribution in [0.1, 0.15) is 18.4 Å². The quantitative estimate of drug-likeness (QED) is 0.616. The van der Waals surface area contributed by atoms with Gasteiger partial charge in [0.05, 0.1) is 5.52 Å². The summed E-state index contributed by atoms with van der Waals surface area (Å²) in [6.45, 7) is 0.706. The van der Waals surface area contributed by atoms with E-state index in [1.54, 1.807) is 0 Å². The first-order valence-electron chi connectivity index (χ1n) is 7.46. The van der Waals surface area contributed by atoms with Gasteiger partial charge in [0.2, 0.25) is 0 Å². The van der Waals surface area contributed by atoms with Crippen molar-refractivity contribution in [1.82, 2.24) is 4.98 Å². The number of aromatic amines is 1. The van der Waals surface area contributed by atoms with Crippen molar-refractivity contribution in [2.24, 2.45) is 5.73 Å². The lowest BCUT2D eigenvalue weighted by atomic mass is 10.0. The maximum atomic E-state index is 13.2. The average Bonchev–Trinajstić information content (AvgIpc) is 2.89. The van der Waals surface area contributed by atoms with Crippen molar-refractivity contribution in [3.8, 4) is 11.3 Å². The molecule has 0 bridgehead atoms. The zero-order valence-corrected chi connectivity index (χ0v) is 13.8. The second kappa shape index (κ2) is 6.63. The molecule has 2 nitrogen and oxygen atoms in total. The monoisotopic (exact) mass is 360 g/mol. The lowest BCUT2D eigenvalue weighted by Gasteiger charge is -2.05. The molecular weight excluding hydrogens is 343 g/mol. The van der Waals surface area contributed by atoms with Gasteiger partial charge < -0.3 is 10.7 Å². The van der Waals surface area contributed by atoms with Gasteiger partial charge in [-0.05, 0) is 83.2 Å². The van der Waals surface area contributed by atoms with E-state index in [9.17, 15) is 4.39 Å². The van der Waals surface area contributed by atoms with Crippen molar-refractivity contribution in [2.45, 2.75) is 19.3 Å². The van der Waals surface area contributed by atoms with Gasteiger partial charge >= 0.3 is 0 Å². The van der Waals surface area contributed by atoms with Crippen molar-refractivity contribution < 1.29 is 4.39 Å². The Morgan fingerprint density at radius 1 is 1.05 bits per heavy atom. The molecule has 0 saturated carbocycles. The molecule has 0 aliphatic heterocycles. The summed E-state index contributed by atoms with van der Waals surface area (Å²) in [5.41, 5.74) is 10.1.